The fourth-order valence-corrected chi connectivity index (χ4v) is 4.77. The molecule has 4 aromatic rings. The molecule has 218 valence electrons. The molecule has 0 bridgehead atoms. The topological polar surface area (TPSA) is 135 Å². The molecule has 0 unspecified atom stereocenters. The van der Waals surface area contributed by atoms with Crippen LogP contribution in [0.25, 0.3) is 11.3 Å². The first-order valence-corrected chi connectivity index (χ1v) is 14.0. The van der Waals surface area contributed by atoms with E-state index in [4.69, 9.17) is 14.5 Å². The normalized spacial score (nSPS) is 15.2. The standard InChI is InChI=1S/C31H35N7O4/c1-4-41-25-8-5-14-33-28(25)42-23-7-6-16-38(20-23)27-19-32-18-26(36-27)37-30-34-15-13-24(35-30)22-11-9-21(10-12-22)17-31(2,3)29(39)40/h5,8-15,18-19,23H,4,6-7,16-17,20H2,1-3H3,(H,39,40)(H,34,35,36,37)/t23-/m1/s1. The van der Waals surface area contributed by atoms with Crippen LogP contribution in [0.2, 0.25) is 0 Å². The van der Waals surface area contributed by atoms with Gasteiger partial charge < -0.3 is 24.8 Å². The van der Waals surface area contributed by atoms with Crippen molar-refractivity contribution in [1.82, 2.24) is 24.9 Å². The lowest BCUT2D eigenvalue weighted by molar-refractivity contribution is -0.146. The molecule has 2 N–H and O–H groups in total. The Morgan fingerprint density at radius 3 is 2.71 bits per heavy atom. The number of hydrogen-bond acceptors (Lipinski definition) is 10. The van der Waals surface area contributed by atoms with Gasteiger partial charge in [0.1, 0.15) is 11.9 Å². The van der Waals surface area contributed by atoms with Crippen molar-refractivity contribution in [3.05, 3.63) is 72.8 Å². The molecule has 1 saturated heterocycles. The monoisotopic (exact) mass is 569 g/mol. The highest BCUT2D eigenvalue weighted by atomic mass is 16.5. The molecule has 1 aliphatic heterocycles. The average molecular weight is 570 g/mol. The van der Waals surface area contributed by atoms with Crippen LogP contribution in [0.4, 0.5) is 17.6 Å². The molecule has 1 aliphatic rings. The van der Waals surface area contributed by atoms with Crippen LogP contribution in [0.1, 0.15) is 39.2 Å². The highest BCUT2D eigenvalue weighted by molar-refractivity contribution is 5.74. The maximum atomic E-state index is 11.5. The van der Waals surface area contributed by atoms with E-state index in [9.17, 15) is 9.90 Å². The number of carbonyl (C=O) groups is 1. The van der Waals surface area contributed by atoms with Gasteiger partial charge in [-0.2, -0.15) is 0 Å². The summed E-state index contributed by atoms with van der Waals surface area (Å²) in [6.45, 7) is 7.41. The fourth-order valence-electron chi connectivity index (χ4n) is 4.77. The van der Waals surface area contributed by atoms with Gasteiger partial charge >= 0.3 is 5.97 Å². The zero-order valence-electron chi connectivity index (χ0n) is 24.0. The summed E-state index contributed by atoms with van der Waals surface area (Å²) in [6, 6.07) is 13.3. The molecule has 0 radical (unpaired) electrons. The molecule has 11 nitrogen and oxygen atoms in total. The van der Waals surface area contributed by atoms with E-state index in [0.29, 0.717) is 43.0 Å². The largest absolute Gasteiger partial charge is 0.488 e. The van der Waals surface area contributed by atoms with Crippen LogP contribution in [0, 0.1) is 5.41 Å². The van der Waals surface area contributed by atoms with Gasteiger partial charge in [0, 0.05) is 24.5 Å². The molecule has 1 aromatic carbocycles. The van der Waals surface area contributed by atoms with Gasteiger partial charge in [0.15, 0.2) is 11.6 Å². The molecule has 0 aliphatic carbocycles. The van der Waals surface area contributed by atoms with Gasteiger partial charge in [0.25, 0.3) is 5.88 Å². The second kappa shape index (κ2) is 12.8. The predicted octanol–water partition coefficient (Wildman–Crippen LogP) is 5.17. The molecule has 42 heavy (non-hydrogen) atoms. The van der Waals surface area contributed by atoms with Crippen LogP contribution >= 0.6 is 0 Å². The molecule has 4 heterocycles. The number of carboxylic acid groups (broad SMARTS) is 1. The lowest BCUT2D eigenvalue weighted by Gasteiger charge is -2.33. The number of nitrogens with one attached hydrogen (secondary N) is 1. The van der Waals surface area contributed by atoms with E-state index in [0.717, 1.165) is 42.0 Å². The summed E-state index contributed by atoms with van der Waals surface area (Å²) < 4.78 is 11.9. The third-order valence-electron chi connectivity index (χ3n) is 7.01. The van der Waals surface area contributed by atoms with Crippen molar-refractivity contribution < 1.29 is 19.4 Å². The van der Waals surface area contributed by atoms with E-state index >= 15 is 0 Å². The molecular formula is C31H35N7O4. The summed E-state index contributed by atoms with van der Waals surface area (Å²) in [5, 5.41) is 12.6. The lowest BCUT2D eigenvalue weighted by Crippen LogP contribution is -2.41. The molecule has 0 amide bonds. The second-order valence-corrected chi connectivity index (χ2v) is 10.8. The van der Waals surface area contributed by atoms with Crippen LogP contribution in [0.15, 0.2) is 67.3 Å². The van der Waals surface area contributed by atoms with Crippen molar-refractivity contribution >= 4 is 23.6 Å². The number of nitrogens with zero attached hydrogens (tertiary/aromatic N) is 6. The van der Waals surface area contributed by atoms with Crippen LogP contribution in [0.5, 0.6) is 11.6 Å². The number of aromatic nitrogens is 5. The summed E-state index contributed by atoms with van der Waals surface area (Å²) in [5.41, 5.74) is 1.75. The van der Waals surface area contributed by atoms with E-state index in [1.54, 1.807) is 38.6 Å². The Bertz CT molecular complexity index is 1510. The van der Waals surface area contributed by atoms with Crippen molar-refractivity contribution in [2.45, 2.75) is 46.1 Å². The Kier molecular flexibility index (Phi) is 8.75. The summed E-state index contributed by atoms with van der Waals surface area (Å²) in [4.78, 5) is 36.2. The summed E-state index contributed by atoms with van der Waals surface area (Å²) in [6.07, 6.45) is 8.99. The van der Waals surface area contributed by atoms with Gasteiger partial charge in [-0.15, -0.1) is 0 Å². The number of anilines is 3. The minimum absolute atomic E-state index is 0.0622. The quantitative estimate of drug-likeness (QED) is 0.247. The molecule has 1 fully saturated rings. The predicted molar refractivity (Wildman–Crippen MR) is 159 cm³/mol. The Hall–Kier alpha value is -4.80. The molecule has 3 aromatic heterocycles. The number of piperidine rings is 1. The average Bonchev–Trinajstić information content (AvgIpc) is 2.99. The molecule has 0 saturated carbocycles. The third kappa shape index (κ3) is 7.09. The minimum Gasteiger partial charge on any atom is -0.488 e. The zero-order chi connectivity index (χ0) is 29.5. The van der Waals surface area contributed by atoms with Gasteiger partial charge in [-0.05, 0) is 63.8 Å². The molecule has 5 rings (SSSR count). The Balaban J connectivity index is 1.25. The summed E-state index contributed by atoms with van der Waals surface area (Å²) in [5.74, 6) is 1.98. The number of benzene rings is 1. The number of aliphatic carboxylic acids is 1. The van der Waals surface area contributed by atoms with Crippen LogP contribution < -0.4 is 19.7 Å². The Morgan fingerprint density at radius 1 is 1.10 bits per heavy atom. The number of carboxylic acids is 1. The van der Waals surface area contributed by atoms with Gasteiger partial charge in [0.2, 0.25) is 5.95 Å². The Labute approximate surface area is 245 Å². The highest BCUT2D eigenvalue weighted by Crippen LogP contribution is 2.28. The van der Waals surface area contributed by atoms with Gasteiger partial charge in [-0.25, -0.2) is 19.9 Å². The number of hydrogen-bond donors (Lipinski definition) is 2. The van der Waals surface area contributed by atoms with Crippen molar-refractivity contribution in [1.29, 1.82) is 0 Å². The number of rotatable bonds is 11. The maximum Gasteiger partial charge on any atom is 0.309 e. The molecule has 0 spiro atoms. The minimum atomic E-state index is -0.836. The van der Waals surface area contributed by atoms with E-state index in [2.05, 4.69) is 30.2 Å². The summed E-state index contributed by atoms with van der Waals surface area (Å²) >= 11 is 0. The van der Waals surface area contributed by atoms with Crippen molar-refractivity contribution in [3.8, 4) is 22.9 Å². The molecule has 11 heteroatoms. The van der Waals surface area contributed by atoms with Crippen LogP contribution in [-0.4, -0.2) is 61.8 Å². The van der Waals surface area contributed by atoms with Gasteiger partial charge in [-0.3, -0.25) is 9.78 Å². The van der Waals surface area contributed by atoms with Crippen molar-refractivity contribution in [2.24, 2.45) is 5.41 Å². The van der Waals surface area contributed by atoms with Crippen molar-refractivity contribution in [3.63, 3.8) is 0 Å². The smallest absolute Gasteiger partial charge is 0.309 e. The first-order valence-electron chi connectivity index (χ1n) is 14.0. The third-order valence-corrected chi connectivity index (χ3v) is 7.01. The number of ether oxygens (including phenoxy) is 2. The molecular weight excluding hydrogens is 534 g/mol. The zero-order valence-corrected chi connectivity index (χ0v) is 24.0. The summed E-state index contributed by atoms with van der Waals surface area (Å²) in [7, 11) is 0. The first kappa shape index (κ1) is 28.7. The Morgan fingerprint density at radius 2 is 1.93 bits per heavy atom. The van der Waals surface area contributed by atoms with Gasteiger partial charge in [0.05, 0.1) is 36.7 Å². The van der Waals surface area contributed by atoms with E-state index in [-0.39, 0.29) is 6.10 Å². The molecule has 1 atom stereocenters. The van der Waals surface area contributed by atoms with E-state index in [1.165, 1.54) is 0 Å². The first-order chi connectivity index (χ1) is 20.3. The number of pyridine rings is 1. The van der Waals surface area contributed by atoms with E-state index in [1.807, 2.05) is 49.4 Å². The SMILES string of the molecule is CCOc1cccnc1O[C@@H]1CCCN(c2cncc(Nc3nccc(-c4ccc(CC(C)(C)C(=O)O)cc4)n3)n2)C1. The maximum absolute atomic E-state index is 11.5. The van der Waals surface area contributed by atoms with E-state index < -0.39 is 11.4 Å². The highest BCUT2D eigenvalue weighted by Gasteiger charge is 2.27. The second-order valence-electron chi connectivity index (χ2n) is 10.8. The van der Waals surface area contributed by atoms with Crippen LogP contribution in [-0.2, 0) is 11.2 Å². The van der Waals surface area contributed by atoms with Crippen LogP contribution in [0.3, 0.4) is 0 Å². The lowest BCUT2D eigenvalue weighted by atomic mass is 9.86. The fraction of sp³-hybridized carbons (Fsp3) is 0.355. The van der Waals surface area contributed by atoms with Gasteiger partial charge in [-0.1, -0.05) is 24.3 Å². The van der Waals surface area contributed by atoms with Crippen molar-refractivity contribution in [2.75, 3.05) is 29.9 Å².